The number of benzene rings is 2. The van der Waals surface area contributed by atoms with Crippen molar-refractivity contribution in [3.05, 3.63) is 59.7 Å². The predicted octanol–water partition coefficient (Wildman–Crippen LogP) is 5.29. The topological polar surface area (TPSA) is 12.0 Å². The highest BCUT2D eigenvalue weighted by atomic mass is 14.9. The summed E-state index contributed by atoms with van der Waals surface area (Å²) >= 11 is 0. The lowest BCUT2D eigenvalue weighted by Crippen LogP contribution is -2.17. The lowest BCUT2D eigenvalue weighted by atomic mass is 9.80. The summed E-state index contributed by atoms with van der Waals surface area (Å²) in [6, 6.07) is 18.5. The highest BCUT2D eigenvalue weighted by Gasteiger charge is 2.18. The van der Waals surface area contributed by atoms with Crippen LogP contribution in [0.15, 0.2) is 48.5 Å². The van der Waals surface area contributed by atoms with Crippen LogP contribution in [-0.2, 0) is 0 Å². The van der Waals surface area contributed by atoms with Crippen LogP contribution in [-0.4, -0.2) is 6.54 Å². The largest absolute Gasteiger partial charge is 0.310 e. The molecule has 3 rings (SSSR count). The summed E-state index contributed by atoms with van der Waals surface area (Å²) < 4.78 is 0. The van der Waals surface area contributed by atoms with Crippen molar-refractivity contribution >= 4 is 0 Å². The van der Waals surface area contributed by atoms with E-state index in [1.807, 2.05) is 0 Å². The first-order valence-electron chi connectivity index (χ1n) is 8.21. The van der Waals surface area contributed by atoms with Crippen LogP contribution in [0.5, 0.6) is 0 Å². The Balaban J connectivity index is 1.74. The zero-order valence-corrected chi connectivity index (χ0v) is 13.1. The molecule has 1 N–H and O–H groups in total. The van der Waals surface area contributed by atoms with Gasteiger partial charge in [-0.05, 0) is 54.5 Å². The van der Waals surface area contributed by atoms with Gasteiger partial charge in [0.1, 0.15) is 0 Å². The predicted molar refractivity (Wildman–Crippen MR) is 90.6 cm³/mol. The lowest BCUT2D eigenvalue weighted by Gasteiger charge is -2.25. The highest BCUT2D eigenvalue weighted by molar-refractivity contribution is 5.64. The van der Waals surface area contributed by atoms with E-state index in [9.17, 15) is 0 Å². The molecule has 2 aromatic rings. The van der Waals surface area contributed by atoms with Crippen LogP contribution in [0.3, 0.4) is 0 Å². The van der Waals surface area contributed by atoms with E-state index in [4.69, 9.17) is 0 Å². The van der Waals surface area contributed by atoms with Crippen LogP contribution in [0.25, 0.3) is 11.1 Å². The van der Waals surface area contributed by atoms with Crippen LogP contribution in [0.4, 0.5) is 0 Å². The fourth-order valence-corrected chi connectivity index (χ4v) is 3.08. The smallest absolute Gasteiger partial charge is 0.0291 e. The van der Waals surface area contributed by atoms with Crippen LogP contribution in [0.2, 0.25) is 0 Å². The molecule has 21 heavy (non-hydrogen) atoms. The van der Waals surface area contributed by atoms with E-state index in [-0.39, 0.29) is 0 Å². The lowest BCUT2D eigenvalue weighted by molar-refractivity contribution is 0.420. The van der Waals surface area contributed by atoms with Gasteiger partial charge in [-0.15, -0.1) is 0 Å². The zero-order chi connectivity index (χ0) is 14.7. The van der Waals surface area contributed by atoms with E-state index in [1.165, 1.54) is 41.5 Å². The van der Waals surface area contributed by atoms with E-state index in [2.05, 4.69) is 67.7 Å². The minimum atomic E-state index is 0.421. The van der Waals surface area contributed by atoms with Gasteiger partial charge in [-0.2, -0.15) is 0 Å². The van der Waals surface area contributed by atoms with E-state index in [0.717, 1.165) is 12.5 Å². The average molecular weight is 279 g/mol. The summed E-state index contributed by atoms with van der Waals surface area (Å²) in [5.74, 6) is 0.822. The molecule has 0 radical (unpaired) electrons. The van der Waals surface area contributed by atoms with Crippen LogP contribution in [0, 0.1) is 0 Å². The molecule has 1 nitrogen and oxygen atoms in total. The van der Waals surface area contributed by atoms with Crippen LogP contribution in [0.1, 0.15) is 56.2 Å². The first kappa shape index (κ1) is 14.3. The quantitative estimate of drug-likeness (QED) is 0.784. The van der Waals surface area contributed by atoms with Gasteiger partial charge < -0.3 is 5.32 Å². The molecule has 0 aromatic heterocycles. The molecule has 0 heterocycles. The van der Waals surface area contributed by atoms with Crippen molar-refractivity contribution in [2.45, 2.75) is 45.1 Å². The highest BCUT2D eigenvalue weighted by Crippen LogP contribution is 2.36. The molecule has 110 valence electrons. The zero-order valence-electron chi connectivity index (χ0n) is 13.1. The number of rotatable bonds is 5. The second kappa shape index (κ2) is 6.44. The standard InChI is InChI=1S/C20H25N/c1-3-21-15(2)16-7-9-19(10-8-16)20-13-11-18(12-14-20)17-5-4-6-17/h7-15,17,21H,3-6H2,1-2H3. The van der Waals surface area contributed by atoms with E-state index in [0.29, 0.717) is 6.04 Å². The van der Waals surface area contributed by atoms with Crippen molar-refractivity contribution in [1.29, 1.82) is 0 Å². The fourth-order valence-electron chi connectivity index (χ4n) is 3.08. The molecule has 0 saturated heterocycles. The van der Waals surface area contributed by atoms with Crippen molar-refractivity contribution in [1.82, 2.24) is 5.32 Å². The second-order valence-electron chi connectivity index (χ2n) is 6.15. The third kappa shape index (κ3) is 3.19. The Morgan fingerprint density at radius 1 is 0.952 bits per heavy atom. The Kier molecular flexibility index (Phi) is 4.40. The van der Waals surface area contributed by atoms with Gasteiger partial charge >= 0.3 is 0 Å². The fraction of sp³-hybridized carbons (Fsp3) is 0.400. The van der Waals surface area contributed by atoms with Gasteiger partial charge in [-0.3, -0.25) is 0 Å². The molecule has 1 unspecified atom stereocenters. The Labute approximate surface area is 128 Å². The van der Waals surface area contributed by atoms with Gasteiger partial charge in [-0.1, -0.05) is 61.9 Å². The third-order valence-electron chi connectivity index (χ3n) is 4.74. The summed E-state index contributed by atoms with van der Waals surface area (Å²) in [6.45, 7) is 5.37. The Bertz CT molecular complexity index is 564. The van der Waals surface area contributed by atoms with Gasteiger partial charge in [0.15, 0.2) is 0 Å². The molecular formula is C20H25N. The van der Waals surface area contributed by atoms with E-state index < -0.39 is 0 Å². The van der Waals surface area contributed by atoms with Crippen LogP contribution >= 0.6 is 0 Å². The van der Waals surface area contributed by atoms with Crippen molar-refractivity contribution < 1.29 is 0 Å². The molecular weight excluding hydrogens is 254 g/mol. The Morgan fingerprint density at radius 3 is 2.00 bits per heavy atom. The van der Waals surface area contributed by atoms with Gasteiger partial charge in [0.2, 0.25) is 0 Å². The molecule has 1 aliphatic carbocycles. The molecule has 1 saturated carbocycles. The molecule has 0 spiro atoms. The molecule has 0 amide bonds. The average Bonchev–Trinajstić information content (AvgIpc) is 2.47. The normalized spacial score (nSPS) is 16.5. The van der Waals surface area contributed by atoms with Crippen molar-refractivity contribution in [2.75, 3.05) is 6.54 Å². The van der Waals surface area contributed by atoms with E-state index in [1.54, 1.807) is 0 Å². The molecule has 2 aromatic carbocycles. The minimum Gasteiger partial charge on any atom is -0.310 e. The molecule has 1 fully saturated rings. The Morgan fingerprint density at radius 2 is 1.52 bits per heavy atom. The van der Waals surface area contributed by atoms with E-state index >= 15 is 0 Å². The van der Waals surface area contributed by atoms with Crippen molar-refractivity contribution in [3.8, 4) is 11.1 Å². The summed E-state index contributed by atoms with van der Waals surface area (Å²) in [7, 11) is 0. The molecule has 1 heteroatoms. The monoisotopic (exact) mass is 279 g/mol. The summed E-state index contributed by atoms with van der Waals surface area (Å²) in [6.07, 6.45) is 4.14. The first-order valence-corrected chi connectivity index (χ1v) is 8.21. The van der Waals surface area contributed by atoms with Gasteiger partial charge in [-0.25, -0.2) is 0 Å². The summed E-state index contributed by atoms with van der Waals surface area (Å²) in [4.78, 5) is 0. The van der Waals surface area contributed by atoms with Gasteiger partial charge in [0.05, 0.1) is 0 Å². The maximum Gasteiger partial charge on any atom is 0.0291 e. The summed E-state index contributed by atoms with van der Waals surface area (Å²) in [5.41, 5.74) is 5.50. The van der Waals surface area contributed by atoms with Gasteiger partial charge in [0, 0.05) is 6.04 Å². The maximum atomic E-state index is 3.45. The second-order valence-corrected chi connectivity index (χ2v) is 6.15. The maximum absolute atomic E-state index is 3.45. The molecule has 1 atom stereocenters. The van der Waals surface area contributed by atoms with Crippen LogP contribution < -0.4 is 5.32 Å². The Hall–Kier alpha value is -1.60. The SMILES string of the molecule is CCNC(C)c1ccc(-c2ccc(C3CCC3)cc2)cc1. The molecule has 1 aliphatic rings. The third-order valence-corrected chi connectivity index (χ3v) is 4.74. The minimum absolute atomic E-state index is 0.421. The number of nitrogens with one attached hydrogen (secondary N) is 1. The van der Waals surface area contributed by atoms with Gasteiger partial charge in [0.25, 0.3) is 0 Å². The summed E-state index contributed by atoms with van der Waals surface area (Å²) in [5, 5.41) is 3.45. The van der Waals surface area contributed by atoms with Crippen molar-refractivity contribution in [3.63, 3.8) is 0 Å². The molecule has 0 bridgehead atoms. The number of hydrogen-bond acceptors (Lipinski definition) is 1. The first-order chi connectivity index (χ1) is 10.3. The van der Waals surface area contributed by atoms with Crippen molar-refractivity contribution in [2.24, 2.45) is 0 Å². The molecule has 0 aliphatic heterocycles. The number of hydrogen-bond donors (Lipinski definition) is 1.